The Bertz CT molecular complexity index is 43.4. The average Bonchev–Trinajstić information content (AvgIpc) is 1.27. The summed E-state index contributed by atoms with van der Waals surface area (Å²) in [5.74, 6) is 0. The first-order valence-electron chi connectivity index (χ1n) is 1.85. The zero-order valence-corrected chi connectivity index (χ0v) is 8.45. The molecule has 0 bridgehead atoms. The molecule has 0 amide bonds. The molecule has 0 rings (SSSR count). The van der Waals surface area contributed by atoms with Crippen LogP contribution in [0.4, 0.5) is 0 Å². The molecule has 10 heavy (non-hydrogen) atoms. The fourth-order valence-corrected chi connectivity index (χ4v) is 0. The van der Waals surface area contributed by atoms with Gasteiger partial charge in [-0.25, -0.2) is 0 Å². The third kappa shape index (κ3) is 346. The summed E-state index contributed by atoms with van der Waals surface area (Å²) >= 11 is 0. The molecule has 2 N–H and O–H groups in total. The Labute approximate surface area is 88.5 Å². The summed E-state index contributed by atoms with van der Waals surface area (Å²) in [6, 6.07) is 0. The van der Waals surface area contributed by atoms with Crippen molar-refractivity contribution in [2.24, 2.45) is 0 Å². The smallest absolute Gasteiger partial charge is 0.855 e. The standard InChI is InChI=1S/C2H5O.Li.Mg.H2O4Si/c1-2-3;;;1-5(2,3)4/h2H2,1H3;;;1-2H/q-1;+1;+2;-2. The van der Waals surface area contributed by atoms with Gasteiger partial charge < -0.3 is 24.3 Å². The van der Waals surface area contributed by atoms with Gasteiger partial charge >= 0.3 is 41.9 Å². The number of hydrogen-bond acceptors (Lipinski definition) is 5. The van der Waals surface area contributed by atoms with E-state index >= 15 is 0 Å². The van der Waals surface area contributed by atoms with E-state index < -0.39 is 9.05 Å². The van der Waals surface area contributed by atoms with Crippen molar-refractivity contribution in [3.63, 3.8) is 0 Å². The van der Waals surface area contributed by atoms with E-state index in [4.69, 9.17) is 24.3 Å². The Morgan fingerprint density at radius 1 is 1.30 bits per heavy atom. The van der Waals surface area contributed by atoms with Crippen LogP contribution in [0.15, 0.2) is 0 Å². The van der Waals surface area contributed by atoms with Crippen molar-refractivity contribution in [3.05, 3.63) is 0 Å². The first kappa shape index (κ1) is 22.5. The molecule has 5 nitrogen and oxygen atoms in total. The fraction of sp³-hybridized carbons (Fsp3) is 1.00. The molecule has 0 aliphatic heterocycles. The Kier molecular flexibility index (Phi) is 29.3. The Morgan fingerprint density at radius 3 is 1.30 bits per heavy atom. The minimum atomic E-state index is -5.11. The van der Waals surface area contributed by atoms with Crippen LogP contribution in [0, 0.1) is 0 Å². The van der Waals surface area contributed by atoms with Crippen LogP contribution in [0.25, 0.3) is 0 Å². The topological polar surface area (TPSA) is 110 Å². The van der Waals surface area contributed by atoms with Gasteiger partial charge in [0.05, 0.1) is 0 Å². The van der Waals surface area contributed by atoms with Crippen molar-refractivity contribution >= 4 is 32.1 Å². The summed E-state index contributed by atoms with van der Waals surface area (Å²) in [4.78, 5) is 31.8. The Balaban J connectivity index is -0.0000000326. The number of hydrogen-bond donors (Lipinski definition) is 2. The van der Waals surface area contributed by atoms with Crippen LogP contribution < -0.4 is 33.6 Å². The van der Waals surface area contributed by atoms with E-state index in [1.54, 1.807) is 6.92 Å². The molecule has 52 valence electrons. The molecule has 0 heterocycles. The van der Waals surface area contributed by atoms with Crippen molar-refractivity contribution in [2.45, 2.75) is 6.92 Å². The summed E-state index contributed by atoms with van der Waals surface area (Å²) < 4.78 is 0. The molecular formula is C2H7LiMgO5Si. The molecule has 0 aliphatic rings. The van der Waals surface area contributed by atoms with Gasteiger partial charge in [-0.3, -0.25) is 0 Å². The second-order valence-electron chi connectivity index (χ2n) is 0.837. The third-order valence-electron chi connectivity index (χ3n) is 0. The summed E-state index contributed by atoms with van der Waals surface area (Å²) in [7, 11) is -5.11. The first-order valence-corrected chi connectivity index (χ1v) is 3.56. The molecule has 0 spiro atoms. The predicted molar refractivity (Wildman–Crippen MR) is 26.5 cm³/mol. The van der Waals surface area contributed by atoms with Crippen molar-refractivity contribution in [1.82, 2.24) is 0 Å². The van der Waals surface area contributed by atoms with Crippen LogP contribution in [0.1, 0.15) is 6.92 Å². The van der Waals surface area contributed by atoms with Crippen LogP contribution in [0.5, 0.6) is 0 Å². The van der Waals surface area contributed by atoms with E-state index in [1.165, 1.54) is 0 Å². The Morgan fingerprint density at radius 2 is 1.30 bits per heavy atom. The van der Waals surface area contributed by atoms with Gasteiger partial charge in [-0.15, -0.1) is 6.61 Å². The molecule has 0 aromatic carbocycles. The largest absolute Gasteiger partial charge is 2.00 e. The Hall–Kier alpha value is 1.38. The van der Waals surface area contributed by atoms with Gasteiger partial charge in [0.2, 0.25) is 0 Å². The van der Waals surface area contributed by atoms with Crippen LogP contribution >= 0.6 is 0 Å². The minimum Gasteiger partial charge on any atom is -0.855 e. The average molecular weight is 170 g/mol. The van der Waals surface area contributed by atoms with Crippen molar-refractivity contribution < 1.29 is 43.1 Å². The molecule has 0 unspecified atom stereocenters. The second-order valence-corrected chi connectivity index (χ2v) is 1.93. The van der Waals surface area contributed by atoms with Crippen molar-refractivity contribution in [3.8, 4) is 0 Å². The maximum absolute atomic E-state index is 8.93. The van der Waals surface area contributed by atoms with Gasteiger partial charge in [0, 0.05) is 0 Å². The van der Waals surface area contributed by atoms with Gasteiger partial charge in [-0.1, -0.05) is 6.92 Å². The van der Waals surface area contributed by atoms with E-state index in [1.807, 2.05) is 0 Å². The minimum absolute atomic E-state index is 0. The molecule has 0 aliphatic carbocycles. The summed E-state index contributed by atoms with van der Waals surface area (Å²) in [5, 5.41) is 8.93. The molecule has 0 aromatic heterocycles. The van der Waals surface area contributed by atoms with E-state index in [2.05, 4.69) is 0 Å². The zero-order chi connectivity index (χ0) is 7.21. The molecule has 0 aromatic rings. The van der Waals surface area contributed by atoms with E-state index in [0.717, 1.165) is 0 Å². The third-order valence-corrected chi connectivity index (χ3v) is 0. The van der Waals surface area contributed by atoms with Crippen molar-refractivity contribution in [2.75, 3.05) is 6.61 Å². The summed E-state index contributed by atoms with van der Waals surface area (Å²) in [6.07, 6.45) is 0. The van der Waals surface area contributed by atoms with Crippen LogP contribution in [-0.4, -0.2) is 48.3 Å². The fourth-order valence-electron chi connectivity index (χ4n) is 0. The summed E-state index contributed by atoms with van der Waals surface area (Å²) in [6.45, 7) is 1.57. The molecule has 0 atom stereocenters. The van der Waals surface area contributed by atoms with Crippen LogP contribution in [0.2, 0.25) is 0 Å². The molecule has 0 radical (unpaired) electrons. The normalized spacial score (nSPS) is 7.80. The molecule has 8 heteroatoms. The van der Waals surface area contributed by atoms with Crippen LogP contribution in [-0.2, 0) is 0 Å². The molecule has 0 saturated heterocycles. The van der Waals surface area contributed by atoms with E-state index in [9.17, 15) is 0 Å². The van der Waals surface area contributed by atoms with Gasteiger partial charge in [0.25, 0.3) is 0 Å². The second kappa shape index (κ2) is 13.0. The monoisotopic (exact) mass is 170 g/mol. The van der Waals surface area contributed by atoms with E-state index in [-0.39, 0.29) is 48.5 Å². The van der Waals surface area contributed by atoms with Crippen LogP contribution in [0.3, 0.4) is 0 Å². The van der Waals surface area contributed by atoms with Gasteiger partial charge in [-0.2, -0.15) is 0 Å². The quantitative estimate of drug-likeness (QED) is 0.351. The van der Waals surface area contributed by atoms with E-state index in [0.29, 0.717) is 0 Å². The molecule has 0 saturated carbocycles. The number of rotatable bonds is 0. The first-order chi connectivity index (χ1) is 3.41. The van der Waals surface area contributed by atoms with Crippen molar-refractivity contribution in [1.29, 1.82) is 0 Å². The zero-order valence-electron chi connectivity index (χ0n) is 6.03. The predicted octanol–water partition coefficient (Wildman–Crippen LogP) is -7.88. The van der Waals surface area contributed by atoms with Gasteiger partial charge in [0.1, 0.15) is 9.05 Å². The maximum atomic E-state index is 8.93. The maximum Gasteiger partial charge on any atom is 2.00 e. The summed E-state index contributed by atoms with van der Waals surface area (Å²) in [5.41, 5.74) is 0. The SMILES string of the molecule is CC[O-].[Li+].[Mg+2].[O-][Si]([O-])(O)O. The molecular weight excluding hydrogens is 163 g/mol. The van der Waals surface area contributed by atoms with Gasteiger partial charge in [-0.05, 0) is 0 Å². The van der Waals surface area contributed by atoms with Gasteiger partial charge in [0.15, 0.2) is 0 Å². The molecule has 0 fully saturated rings.